The van der Waals surface area contributed by atoms with Crippen LogP contribution in [0.1, 0.15) is 16.3 Å². The number of furan rings is 1. The van der Waals surface area contributed by atoms with Crippen molar-refractivity contribution >= 4 is 12.0 Å². The molecule has 5 heteroatoms. The van der Waals surface area contributed by atoms with Crippen molar-refractivity contribution in [2.45, 2.75) is 6.42 Å². The van der Waals surface area contributed by atoms with E-state index < -0.39 is 5.97 Å². The van der Waals surface area contributed by atoms with Crippen molar-refractivity contribution in [1.82, 2.24) is 0 Å². The van der Waals surface area contributed by atoms with Gasteiger partial charge < -0.3 is 9.15 Å². The molecule has 0 radical (unpaired) electrons. The lowest BCUT2D eigenvalue weighted by molar-refractivity contribution is 0.0563. The van der Waals surface area contributed by atoms with Crippen LogP contribution in [0, 0.1) is 0 Å². The Hall–Kier alpha value is -1.87. The van der Waals surface area contributed by atoms with E-state index in [1.54, 1.807) is 6.07 Å². The van der Waals surface area contributed by atoms with Crippen LogP contribution < -0.4 is 0 Å². The average molecular weight is 195 g/mol. The van der Waals surface area contributed by atoms with Gasteiger partial charge in [-0.15, -0.1) is 0 Å². The Morgan fingerprint density at radius 1 is 1.64 bits per heavy atom. The van der Waals surface area contributed by atoms with Crippen molar-refractivity contribution in [2.24, 2.45) is 4.99 Å². The number of hydrogen-bond acceptors (Lipinski definition) is 5. The van der Waals surface area contributed by atoms with Crippen LogP contribution in [-0.2, 0) is 16.0 Å². The molecule has 0 aliphatic carbocycles. The summed E-state index contributed by atoms with van der Waals surface area (Å²) in [5.74, 6) is 0.220. The molecular weight excluding hydrogens is 186 g/mol. The van der Waals surface area contributed by atoms with Gasteiger partial charge in [-0.3, -0.25) is 0 Å². The highest BCUT2D eigenvalue weighted by Crippen LogP contribution is 2.09. The number of aliphatic imine (C=N–C) groups is 1. The van der Waals surface area contributed by atoms with E-state index >= 15 is 0 Å². The Bertz CT molecular complexity index is 363. The van der Waals surface area contributed by atoms with Gasteiger partial charge in [0.25, 0.3) is 0 Å². The summed E-state index contributed by atoms with van der Waals surface area (Å²) in [6.07, 6.45) is 1.88. The third-order valence-corrected chi connectivity index (χ3v) is 1.58. The number of carbonyl (C=O) groups excluding carboxylic acids is 2. The van der Waals surface area contributed by atoms with Crippen LogP contribution in [-0.4, -0.2) is 25.7 Å². The molecule has 0 bridgehead atoms. The van der Waals surface area contributed by atoms with Gasteiger partial charge in [0.05, 0.1) is 13.7 Å². The van der Waals surface area contributed by atoms with E-state index in [4.69, 9.17) is 4.42 Å². The molecule has 0 N–H and O–H groups in total. The van der Waals surface area contributed by atoms with Crippen LogP contribution in [0.2, 0.25) is 0 Å². The number of nitrogens with zero attached hydrogens (tertiary/aromatic N) is 1. The molecule has 1 aromatic heterocycles. The molecule has 1 aromatic rings. The molecule has 1 rings (SSSR count). The van der Waals surface area contributed by atoms with Gasteiger partial charge in [0.1, 0.15) is 5.76 Å². The van der Waals surface area contributed by atoms with Gasteiger partial charge in [0, 0.05) is 6.42 Å². The molecular formula is C9H9NO4. The lowest BCUT2D eigenvalue weighted by atomic mass is 10.3. The smallest absolute Gasteiger partial charge is 0.373 e. The van der Waals surface area contributed by atoms with Crippen molar-refractivity contribution < 1.29 is 18.7 Å². The number of carbonyl (C=O) groups is 1. The number of hydrogen-bond donors (Lipinski definition) is 0. The molecule has 14 heavy (non-hydrogen) atoms. The largest absolute Gasteiger partial charge is 0.463 e. The van der Waals surface area contributed by atoms with Crippen LogP contribution in [0.4, 0.5) is 0 Å². The molecule has 0 amide bonds. The Morgan fingerprint density at radius 3 is 3.07 bits per heavy atom. The second-order valence-corrected chi connectivity index (χ2v) is 2.48. The number of isocyanates is 1. The topological polar surface area (TPSA) is 68.9 Å². The molecule has 0 atom stereocenters. The normalized spacial score (nSPS) is 9.21. The van der Waals surface area contributed by atoms with Gasteiger partial charge in [0.2, 0.25) is 11.8 Å². The highest BCUT2D eigenvalue weighted by molar-refractivity contribution is 5.86. The Morgan fingerprint density at radius 2 is 2.43 bits per heavy atom. The summed E-state index contributed by atoms with van der Waals surface area (Å²) in [5, 5.41) is 0. The van der Waals surface area contributed by atoms with E-state index in [9.17, 15) is 9.59 Å². The number of methoxy groups -OCH3 is 1. The molecule has 0 saturated carbocycles. The molecule has 1 heterocycles. The molecule has 74 valence electrons. The molecule has 0 unspecified atom stereocenters. The molecule has 0 saturated heterocycles. The van der Waals surface area contributed by atoms with Gasteiger partial charge in [-0.05, 0) is 12.1 Å². The summed E-state index contributed by atoms with van der Waals surface area (Å²) in [7, 11) is 1.28. The molecule has 0 fully saturated rings. The van der Waals surface area contributed by atoms with Gasteiger partial charge in [-0.25, -0.2) is 14.6 Å². The fourth-order valence-corrected chi connectivity index (χ4v) is 0.934. The first-order valence-corrected chi connectivity index (χ1v) is 3.98. The maximum absolute atomic E-state index is 11.0. The summed E-state index contributed by atoms with van der Waals surface area (Å²) in [5.41, 5.74) is 0. The highest BCUT2D eigenvalue weighted by atomic mass is 16.5. The summed E-state index contributed by atoms with van der Waals surface area (Å²) in [6, 6.07) is 3.17. The van der Waals surface area contributed by atoms with E-state index in [-0.39, 0.29) is 5.76 Å². The van der Waals surface area contributed by atoms with Crippen molar-refractivity contribution in [3.63, 3.8) is 0 Å². The maximum atomic E-state index is 11.0. The Labute approximate surface area is 80.4 Å². The second kappa shape index (κ2) is 4.99. The SMILES string of the molecule is COC(=O)c1ccc(CCN=C=O)o1. The van der Waals surface area contributed by atoms with E-state index in [0.29, 0.717) is 18.7 Å². The summed E-state index contributed by atoms with van der Waals surface area (Å²) in [6.45, 7) is 0.303. The van der Waals surface area contributed by atoms with Crippen LogP contribution >= 0.6 is 0 Å². The van der Waals surface area contributed by atoms with Crippen molar-refractivity contribution in [1.29, 1.82) is 0 Å². The predicted molar refractivity (Wildman–Crippen MR) is 46.7 cm³/mol. The minimum absolute atomic E-state index is 0.151. The summed E-state index contributed by atoms with van der Waals surface area (Å²) < 4.78 is 9.58. The average Bonchev–Trinajstić information content (AvgIpc) is 2.66. The van der Waals surface area contributed by atoms with Crippen molar-refractivity contribution in [2.75, 3.05) is 13.7 Å². The van der Waals surface area contributed by atoms with Crippen molar-refractivity contribution in [3.8, 4) is 0 Å². The first-order valence-electron chi connectivity index (χ1n) is 3.98. The second-order valence-electron chi connectivity index (χ2n) is 2.48. The van der Waals surface area contributed by atoms with Gasteiger partial charge in [0.15, 0.2) is 0 Å². The molecule has 0 aromatic carbocycles. The molecule has 0 aliphatic heterocycles. The van der Waals surface area contributed by atoms with E-state index in [0.717, 1.165) is 0 Å². The van der Waals surface area contributed by atoms with Gasteiger partial charge >= 0.3 is 5.97 Å². The van der Waals surface area contributed by atoms with Gasteiger partial charge in [-0.1, -0.05) is 0 Å². The third kappa shape index (κ3) is 2.57. The quantitative estimate of drug-likeness (QED) is 0.407. The van der Waals surface area contributed by atoms with Crippen molar-refractivity contribution in [3.05, 3.63) is 23.7 Å². The Balaban J connectivity index is 2.59. The zero-order chi connectivity index (χ0) is 10.4. The Kier molecular flexibility index (Phi) is 3.64. The van der Waals surface area contributed by atoms with Crippen LogP contribution in [0.15, 0.2) is 21.5 Å². The predicted octanol–water partition coefficient (Wildman–Crippen LogP) is 0.945. The monoisotopic (exact) mass is 195 g/mol. The molecule has 0 aliphatic rings. The van der Waals surface area contributed by atoms with Crippen LogP contribution in [0.3, 0.4) is 0 Å². The lowest BCUT2D eigenvalue weighted by Gasteiger charge is -1.93. The first kappa shape index (κ1) is 10.2. The zero-order valence-corrected chi connectivity index (χ0v) is 7.65. The minimum Gasteiger partial charge on any atom is -0.463 e. The van der Waals surface area contributed by atoms with Crippen LogP contribution in [0.5, 0.6) is 0 Å². The lowest BCUT2D eigenvalue weighted by Crippen LogP contribution is -1.98. The zero-order valence-electron chi connectivity index (χ0n) is 7.65. The summed E-state index contributed by atoms with van der Waals surface area (Å²) >= 11 is 0. The first-order chi connectivity index (χ1) is 6.77. The minimum atomic E-state index is -0.518. The third-order valence-electron chi connectivity index (χ3n) is 1.58. The number of rotatable bonds is 4. The number of ether oxygens (including phenoxy) is 1. The summed E-state index contributed by atoms with van der Waals surface area (Å²) in [4.78, 5) is 24.1. The van der Waals surface area contributed by atoms with Crippen LogP contribution in [0.25, 0.3) is 0 Å². The van der Waals surface area contributed by atoms with E-state index in [2.05, 4.69) is 9.73 Å². The fraction of sp³-hybridized carbons (Fsp3) is 0.333. The van der Waals surface area contributed by atoms with E-state index in [1.807, 2.05) is 0 Å². The van der Waals surface area contributed by atoms with Gasteiger partial charge in [-0.2, -0.15) is 0 Å². The van der Waals surface area contributed by atoms with E-state index in [1.165, 1.54) is 19.3 Å². The fourth-order valence-electron chi connectivity index (χ4n) is 0.934. The molecule has 0 spiro atoms. The molecule has 5 nitrogen and oxygen atoms in total. The highest BCUT2D eigenvalue weighted by Gasteiger charge is 2.10. The number of esters is 1. The standard InChI is InChI=1S/C9H9NO4/c1-13-9(12)8-3-2-7(14-8)4-5-10-6-11/h2-3H,4-5H2,1H3. The maximum Gasteiger partial charge on any atom is 0.373 e.